The number of anilines is 1. The van der Waals surface area contributed by atoms with Crippen LogP contribution >= 0.6 is 11.3 Å². The third-order valence-corrected chi connectivity index (χ3v) is 3.44. The highest BCUT2D eigenvalue weighted by molar-refractivity contribution is 7.92. The van der Waals surface area contributed by atoms with Gasteiger partial charge in [0.25, 0.3) is 0 Å². The maximum absolute atomic E-state index is 11.4. The molecule has 0 aliphatic heterocycles. The summed E-state index contributed by atoms with van der Waals surface area (Å²) in [5.41, 5.74) is 0.337. The maximum Gasteiger partial charge on any atom is 0.334 e. The Labute approximate surface area is 118 Å². The normalized spacial score (nSPS) is 12.7. The van der Waals surface area contributed by atoms with Crippen LogP contribution in [0.4, 0.5) is 5.13 Å². The van der Waals surface area contributed by atoms with Gasteiger partial charge in [-0.05, 0) is 0 Å². The van der Waals surface area contributed by atoms with Gasteiger partial charge in [0.05, 0.1) is 24.9 Å². The SMILES string of the molecule is CS(=O)(=O)Nc1nc(CC(=O)NC[C@H](O)C(=O)O)cs1. The van der Waals surface area contributed by atoms with Crippen LogP contribution in [0.5, 0.6) is 0 Å². The summed E-state index contributed by atoms with van der Waals surface area (Å²) in [4.78, 5) is 25.7. The number of rotatable bonds is 7. The number of hydrogen-bond acceptors (Lipinski definition) is 7. The molecule has 4 N–H and O–H groups in total. The fourth-order valence-electron chi connectivity index (χ4n) is 1.12. The molecule has 0 radical (unpaired) electrons. The molecular weight excluding hydrogens is 310 g/mol. The van der Waals surface area contributed by atoms with Crippen molar-refractivity contribution in [2.24, 2.45) is 0 Å². The van der Waals surface area contributed by atoms with Gasteiger partial charge in [-0.15, -0.1) is 11.3 Å². The first-order chi connectivity index (χ1) is 9.17. The molecule has 0 unspecified atom stereocenters. The summed E-state index contributed by atoms with van der Waals surface area (Å²) >= 11 is 1.02. The van der Waals surface area contributed by atoms with E-state index in [0.717, 1.165) is 17.6 Å². The number of aromatic nitrogens is 1. The molecule has 1 amide bonds. The van der Waals surface area contributed by atoms with Crippen molar-refractivity contribution in [2.75, 3.05) is 17.5 Å². The molecule has 1 aromatic heterocycles. The Kier molecular flexibility index (Phi) is 5.42. The quantitative estimate of drug-likeness (QED) is 0.483. The van der Waals surface area contributed by atoms with Gasteiger partial charge in [0, 0.05) is 5.38 Å². The van der Waals surface area contributed by atoms with Gasteiger partial charge in [-0.2, -0.15) is 0 Å². The smallest absolute Gasteiger partial charge is 0.334 e. The minimum absolute atomic E-state index is 0.140. The molecule has 0 aliphatic carbocycles. The lowest BCUT2D eigenvalue weighted by atomic mass is 10.3. The summed E-state index contributed by atoms with van der Waals surface area (Å²) in [7, 11) is -3.42. The van der Waals surface area contributed by atoms with Crippen molar-refractivity contribution in [1.29, 1.82) is 0 Å². The zero-order chi connectivity index (χ0) is 15.3. The van der Waals surface area contributed by atoms with Crippen molar-refractivity contribution >= 4 is 38.4 Å². The van der Waals surface area contributed by atoms with Gasteiger partial charge in [-0.3, -0.25) is 9.52 Å². The highest BCUT2D eigenvalue weighted by atomic mass is 32.2. The molecule has 0 saturated carbocycles. The fraction of sp³-hybridized carbons (Fsp3) is 0.444. The second kappa shape index (κ2) is 6.63. The van der Waals surface area contributed by atoms with Gasteiger partial charge in [-0.25, -0.2) is 18.2 Å². The van der Waals surface area contributed by atoms with Crippen LogP contribution in [0.3, 0.4) is 0 Å². The largest absolute Gasteiger partial charge is 0.479 e. The van der Waals surface area contributed by atoms with E-state index in [9.17, 15) is 18.0 Å². The van der Waals surface area contributed by atoms with Crippen LogP contribution < -0.4 is 10.0 Å². The van der Waals surface area contributed by atoms with Crippen molar-refractivity contribution < 1.29 is 28.2 Å². The lowest BCUT2D eigenvalue weighted by molar-refractivity contribution is -0.146. The van der Waals surface area contributed by atoms with E-state index in [4.69, 9.17) is 10.2 Å². The third-order valence-electron chi connectivity index (χ3n) is 1.94. The van der Waals surface area contributed by atoms with E-state index in [0.29, 0.717) is 5.69 Å². The lowest BCUT2D eigenvalue weighted by Crippen LogP contribution is -2.37. The second-order valence-corrected chi connectivity index (χ2v) is 6.46. The molecule has 1 atom stereocenters. The van der Waals surface area contributed by atoms with Crippen molar-refractivity contribution in [3.63, 3.8) is 0 Å². The Morgan fingerprint density at radius 2 is 2.15 bits per heavy atom. The monoisotopic (exact) mass is 323 g/mol. The number of carboxylic acid groups (broad SMARTS) is 1. The first kappa shape index (κ1) is 16.3. The molecule has 0 aliphatic rings. The topological polar surface area (TPSA) is 146 Å². The van der Waals surface area contributed by atoms with Crippen molar-refractivity contribution in [3.05, 3.63) is 11.1 Å². The van der Waals surface area contributed by atoms with Crippen molar-refractivity contribution in [2.45, 2.75) is 12.5 Å². The minimum atomic E-state index is -3.42. The summed E-state index contributed by atoms with van der Waals surface area (Å²) in [5.74, 6) is -1.96. The summed E-state index contributed by atoms with van der Waals surface area (Å²) in [6, 6.07) is 0. The number of hydrogen-bond donors (Lipinski definition) is 4. The second-order valence-electron chi connectivity index (χ2n) is 3.85. The lowest BCUT2D eigenvalue weighted by Gasteiger charge is -2.06. The average Bonchev–Trinajstić information content (AvgIpc) is 2.70. The van der Waals surface area contributed by atoms with Gasteiger partial charge < -0.3 is 15.5 Å². The third kappa shape index (κ3) is 5.95. The Bertz CT molecular complexity index is 597. The standard InChI is InChI=1S/C9H13N3O6S2/c1-20(17,18)12-9-11-5(4-19-9)2-7(14)10-3-6(13)8(15)16/h4,6,13H,2-3H2,1H3,(H,10,14)(H,11,12)(H,15,16)/t6-/m0/s1. The molecule has 1 rings (SSSR count). The van der Waals surface area contributed by atoms with E-state index in [-0.39, 0.29) is 11.6 Å². The minimum Gasteiger partial charge on any atom is -0.479 e. The molecular formula is C9H13N3O6S2. The first-order valence-electron chi connectivity index (χ1n) is 5.27. The summed E-state index contributed by atoms with van der Waals surface area (Å²) in [5, 5.41) is 21.3. The zero-order valence-corrected chi connectivity index (χ0v) is 12.0. The molecule has 1 aromatic rings. The maximum atomic E-state index is 11.4. The van der Waals surface area contributed by atoms with Gasteiger partial charge >= 0.3 is 5.97 Å². The Balaban J connectivity index is 2.49. The molecule has 9 nitrogen and oxygen atoms in total. The number of sulfonamides is 1. The average molecular weight is 323 g/mol. The van der Waals surface area contributed by atoms with Crippen LogP contribution in [-0.2, 0) is 26.0 Å². The van der Waals surface area contributed by atoms with Crippen LogP contribution in [0.2, 0.25) is 0 Å². The van der Waals surface area contributed by atoms with Gasteiger partial charge in [0.15, 0.2) is 11.2 Å². The number of aliphatic hydroxyl groups excluding tert-OH is 1. The van der Waals surface area contributed by atoms with Gasteiger partial charge in [0.2, 0.25) is 15.9 Å². The van der Waals surface area contributed by atoms with E-state index < -0.39 is 34.5 Å². The molecule has 1 heterocycles. The fourth-order valence-corrected chi connectivity index (χ4v) is 2.68. The highest BCUT2D eigenvalue weighted by Gasteiger charge is 2.15. The zero-order valence-electron chi connectivity index (χ0n) is 10.4. The van der Waals surface area contributed by atoms with Crippen LogP contribution in [0, 0.1) is 0 Å². The van der Waals surface area contributed by atoms with Crippen LogP contribution in [-0.4, -0.2) is 54.4 Å². The van der Waals surface area contributed by atoms with E-state index >= 15 is 0 Å². The van der Waals surface area contributed by atoms with Gasteiger partial charge in [-0.1, -0.05) is 0 Å². The van der Waals surface area contributed by atoms with E-state index in [2.05, 4.69) is 15.0 Å². The predicted octanol–water partition coefficient (Wildman–Crippen LogP) is -1.38. The molecule has 0 saturated heterocycles. The van der Waals surface area contributed by atoms with Crippen LogP contribution in [0.1, 0.15) is 5.69 Å². The predicted molar refractivity (Wildman–Crippen MR) is 70.9 cm³/mol. The van der Waals surface area contributed by atoms with Crippen molar-refractivity contribution in [3.8, 4) is 0 Å². The number of nitrogens with one attached hydrogen (secondary N) is 2. The molecule has 11 heteroatoms. The molecule has 20 heavy (non-hydrogen) atoms. The Morgan fingerprint density at radius 3 is 2.70 bits per heavy atom. The molecule has 0 fully saturated rings. The van der Waals surface area contributed by atoms with Crippen LogP contribution in [0.15, 0.2) is 5.38 Å². The van der Waals surface area contributed by atoms with E-state index in [1.807, 2.05) is 0 Å². The number of amides is 1. The van der Waals surface area contributed by atoms with Gasteiger partial charge in [0.1, 0.15) is 0 Å². The number of aliphatic carboxylic acids is 1. The summed E-state index contributed by atoms with van der Waals surface area (Å²) in [6.07, 6.45) is -0.834. The molecule has 0 aromatic carbocycles. The number of nitrogens with zero attached hydrogens (tertiary/aromatic N) is 1. The molecule has 112 valence electrons. The number of aliphatic hydroxyl groups is 1. The Hall–Kier alpha value is -1.72. The number of carbonyl (C=O) groups excluding carboxylic acids is 1. The number of carbonyl (C=O) groups is 2. The number of carboxylic acids is 1. The van der Waals surface area contributed by atoms with Crippen LogP contribution in [0.25, 0.3) is 0 Å². The van der Waals surface area contributed by atoms with E-state index in [1.54, 1.807) is 0 Å². The summed E-state index contributed by atoms with van der Waals surface area (Å²) in [6.45, 7) is -0.410. The molecule has 0 bridgehead atoms. The Morgan fingerprint density at radius 1 is 1.50 bits per heavy atom. The number of thiazole rings is 1. The summed E-state index contributed by atoms with van der Waals surface area (Å²) < 4.78 is 24.1. The van der Waals surface area contributed by atoms with Crippen molar-refractivity contribution in [1.82, 2.24) is 10.3 Å². The first-order valence-corrected chi connectivity index (χ1v) is 8.04. The van der Waals surface area contributed by atoms with E-state index in [1.165, 1.54) is 5.38 Å². The highest BCUT2D eigenvalue weighted by Crippen LogP contribution is 2.16. The molecule has 0 spiro atoms.